The number of pyridine rings is 1. The minimum Gasteiger partial charge on any atom is -0.478 e. The number of carbonyl (C=O) groups is 1. The van der Waals surface area contributed by atoms with Gasteiger partial charge in [0.25, 0.3) is 0 Å². The maximum absolute atomic E-state index is 10.8. The van der Waals surface area contributed by atoms with Crippen molar-refractivity contribution in [1.29, 1.82) is 0 Å². The quantitative estimate of drug-likeness (QED) is 0.643. The Hall–Kier alpha value is -1.96. The van der Waals surface area contributed by atoms with Crippen LogP contribution >= 0.6 is 0 Å². The molecule has 4 N–H and O–H groups in total. The van der Waals surface area contributed by atoms with E-state index in [2.05, 4.69) is 4.98 Å². The van der Waals surface area contributed by atoms with Crippen LogP contribution in [0.1, 0.15) is 10.4 Å². The molecule has 7 nitrogen and oxygen atoms in total. The zero-order valence-corrected chi connectivity index (χ0v) is 8.99. The van der Waals surface area contributed by atoms with Gasteiger partial charge in [-0.3, -0.25) is 10.3 Å². The van der Waals surface area contributed by atoms with Crippen molar-refractivity contribution in [2.75, 3.05) is 7.11 Å². The fourth-order valence-corrected chi connectivity index (χ4v) is 1.50. The van der Waals surface area contributed by atoms with Crippen LogP contribution in [-0.2, 0) is 10.8 Å². The number of hydrogen-bond donors (Lipinski definition) is 3. The number of rotatable bonds is 3. The number of aromatic carboxylic acids is 1. The van der Waals surface area contributed by atoms with E-state index in [0.29, 0.717) is 11.0 Å². The largest absolute Gasteiger partial charge is 0.478 e. The minimum absolute atomic E-state index is 0.0632. The van der Waals surface area contributed by atoms with Gasteiger partial charge in [-0.2, -0.15) is 0 Å². The van der Waals surface area contributed by atoms with Crippen molar-refractivity contribution >= 4 is 17.0 Å². The van der Waals surface area contributed by atoms with Crippen molar-refractivity contribution in [2.45, 2.75) is 6.03 Å². The van der Waals surface area contributed by atoms with Gasteiger partial charge in [0.1, 0.15) is 5.65 Å². The highest BCUT2D eigenvalue weighted by Crippen LogP contribution is 2.19. The number of aromatic nitrogens is 2. The van der Waals surface area contributed by atoms with Gasteiger partial charge < -0.3 is 14.9 Å². The summed E-state index contributed by atoms with van der Waals surface area (Å²) in [5.41, 5.74) is 5.88. The van der Waals surface area contributed by atoms with E-state index in [1.54, 1.807) is 6.07 Å². The zero-order chi connectivity index (χ0) is 12.6. The molecule has 90 valence electrons. The van der Waals surface area contributed by atoms with Gasteiger partial charge in [0.2, 0.25) is 0 Å². The summed E-state index contributed by atoms with van der Waals surface area (Å²) in [5, 5.41) is 19.1. The minimum atomic E-state index is -2.01. The van der Waals surface area contributed by atoms with Gasteiger partial charge >= 0.3 is 12.0 Å². The molecule has 0 aliphatic rings. The first-order valence-corrected chi connectivity index (χ1v) is 4.73. The van der Waals surface area contributed by atoms with E-state index >= 15 is 0 Å². The lowest BCUT2D eigenvalue weighted by molar-refractivity contribution is -0.242. The lowest BCUT2D eigenvalue weighted by atomic mass is 10.2. The normalized spacial score (nSPS) is 14.8. The van der Waals surface area contributed by atoms with Crippen LogP contribution in [0.4, 0.5) is 0 Å². The first kappa shape index (κ1) is 11.5. The van der Waals surface area contributed by atoms with Crippen LogP contribution in [0, 0.1) is 0 Å². The molecule has 0 spiro atoms. The Kier molecular flexibility index (Phi) is 2.58. The Balaban J connectivity index is 2.60. The maximum Gasteiger partial charge on any atom is 0.337 e. The second kappa shape index (κ2) is 3.81. The molecule has 0 aromatic carbocycles. The molecular weight excluding hydrogens is 226 g/mol. The van der Waals surface area contributed by atoms with Gasteiger partial charge in [-0.1, -0.05) is 0 Å². The van der Waals surface area contributed by atoms with E-state index in [-0.39, 0.29) is 5.56 Å². The van der Waals surface area contributed by atoms with E-state index in [9.17, 15) is 9.90 Å². The van der Waals surface area contributed by atoms with Gasteiger partial charge in [0.15, 0.2) is 0 Å². The molecule has 2 rings (SSSR count). The number of aliphatic hydroxyl groups is 1. The summed E-state index contributed by atoms with van der Waals surface area (Å²) in [6.07, 6.45) is 2.65. The summed E-state index contributed by atoms with van der Waals surface area (Å²) in [7, 11) is 1.25. The molecule has 0 amide bonds. The second-order valence-corrected chi connectivity index (χ2v) is 3.49. The van der Waals surface area contributed by atoms with Crippen LogP contribution in [-0.4, -0.2) is 32.8 Å². The molecule has 0 unspecified atom stereocenters. The number of carboxylic acids is 1. The first-order chi connectivity index (χ1) is 7.95. The molecule has 17 heavy (non-hydrogen) atoms. The number of nitrogens with zero attached hydrogens (tertiary/aromatic N) is 2. The third-order valence-electron chi connectivity index (χ3n) is 2.42. The summed E-state index contributed by atoms with van der Waals surface area (Å²) in [6, 6.07) is 1.01. The van der Waals surface area contributed by atoms with Crippen LogP contribution in [0.2, 0.25) is 0 Å². The van der Waals surface area contributed by atoms with E-state index in [1.807, 2.05) is 0 Å². The van der Waals surface area contributed by atoms with Crippen LogP contribution in [0.15, 0.2) is 24.5 Å². The lowest BCUT2D eigenvalue weighted by Crippen LogP contribution is -2.44. The Bertz CT molecular complexity index is 576. The van der Waals surface area contributed by atoms with Crippen LogP contribution in [0.5, 0.6) is 0 Å². The standard InChI is InChI=1S/C10H11N3O4/c1-17-10(11,16)13-3-2-6-4-7(9(14)15)5-12-8(6)13/h2-5,16H,11H2,1H3,(H,14,15)/t10-/m0/s1. The highest BCUT2D eigenvalue weighted by Gasteiger charge is 2.25. The smallest absolute Gasteiger partial charge is 0.337 e. The number of hydrogen-bond acceptors (Lipinski definition) is 5. The molecule has 1 atom stereocenters. The van der Waals surface area contributed by atoms with Crippen molar-refractivity contribution in [3.8, 4) is 0 Å². The predicted octanol–water partition coefficient (Wildman–Crippen LogP) is -0.100. The third kappa shape index (κ3) is 1.86. The summed E-state index contributed by atoms with van der Waals surface area (Å²) in [4.78, 5) is 14.7. The van der Waals surface area contributed by atoms with E-state index in [1.165, 1.54) is 30.1 Å². The van der Waals surface area contributed by atoms with E-state index in [0.717, 1.165) is 0 Å². The Morgan fingerprint density at radius 2 is 2.35 bits per heavy atom. The SMILES string of the molecule is CO[C@](N)(O)n1ccc2cc(C(=O)O)cnc21. The second-order valence-electron chi connectivity index (χ2n) is 3.49. The molecule has 2 heterocycles. The third-order valence-corrected chi connectivity index (χ3v) is 2.42. The zero-order valence-electron chi connectivity index (χ0n) is 8.99. The van der Waals surface area contributed by atoms with Crippen molar-refractivity contribution in [1.82, 2.24) is 9.55 Å². The lowest BCUT2D eigenvalue weighted by Gasteiger charge is -2.22. The molecule has 0 saturated carbocycles. The van der Waals surface area contributed by atoms with Crippen molar-refractivity contribution < 1.29 is 19.7 Å². The highest BCUT2D eigenvalue weighted by molar-refractivity contribution is 5.91. The van der Waals surface area contributed by atoms with Crippen LogP contribution in [0.25, 0.3) is 11.0 Å². The molecular formula is C10H11N3O4. The summed E-state index contributed by atoms with van der Waals surface area (Å²) < 4.78 is 5.91. The van der Waals surface area contributed by atoms with Crippen molar-refractivity contribution in [2.24, 2.45) is 5.73 Å². The molecule has 2 aromatic heterocycles. The summed E-state index contributed by atoms with van der Waals surface area (Å²) in [6.45, 7) is 0. The van der Waals surface area contributed by atoms with Gasteiger partial charge in [-0.05, 0) is 12.1 Å². The molecule has 7 heteroatoms. The van der Waals surface area contributed by atoms with Gasteiger partial charge in [-0.15, -0.1) is 0 Å². The number of ether oxygens (including phenoxy) is 1. The van der Waals surface area contributed by atoms with Crippen molar-refractivity contribution in [3.05, 3.63) is 30.1 Å². The predicted molar refractivity (Wildman–Crippen MR) is 58.1 cm³/mol. The van der Waals surface area contributed by atoms with Gasteiger partial charge in [0, 0.05) is 24.9 Å². The molecule has 0 aliphatic heterocycles. The molecule has 0 saturated heterocycles. The summed E-state index contributed by atoms with van der Waals surface area (Å²) in [5.74, 6) is -1.07. The molecule has 0 bridgehead atoms. The van der Waals surface area contributed by atoms with Crippen LogP contribution in [0.3, 0.4) is 0 Å². The highest BCUT2D eigenvalue weighted by atomic mass is 16.7. The van der Waals surface area contributed by atoms with Gasteiger partial charge in [-0.25, -0.2) is 9.78 Å². The monoisotopic (exact) mass is 237 g/mol. The number of nitrogens with two attached hydrogens (primary N) is 1. The number of fused-ring (bicyclic) bond motifs is 1. The Labute approximate surface area is 96.1 Å². The topological polar surface area (TPSA) is 111 Å². The molecule has 0 aliphatic carbocycles. The molecule has 0 fully saturated rings. The molecule has 0 radical (unpaired) electrons. The van der Waals surface area contributed by atoms with E-state index < -0.39 is 12.0 Å². The average Bonchev–Trinajstić information content (AvgIpc) is 2.72. The fraction of sp³-hybridized carbons (Fsp3) is 0.200. The Morgan fingerprint density at radius 1 is 1.65 bits per heavy atom. The fourth-order valence-electron chi connectivity index (χ4n) is 1.50. The van der Waals surface area contributed by atoms with Crippen LogP contribution < -0.4 is 5.73 Å². The Morgan fingerprint density at radius 3 is 2.94 bits per heavy atom. The summed E-state index contributed by atoms with van der Waals surface area (Å²) >= 11 is 0. The average molecular weight is 237 g/mol. The van der Waals surface area contributed by atoms with Gasteiger partial charge in [0.05, 0.1) is 5.56 Å². The molecule has 2 aromatic rings. The number of methoxy groups -OCH3 is 1. The number of carboxylic acid groups (broad SMARTS) is 1. The van der Waals surface area contributed by atoms with E-state index in [4.69, 9.17) is 15.6 Å². The van der Waals surface area contributed by atoms with Crippen molar-refractivity contribution in [3.63, 3.8) is 0 Å². The maximum atomic E-state index is 10.8. The first-order valence-electron chi connectivity index (χ1n) is 4.73.